The van der Waals surface area contributed by atoms with Gasteiger partial charge in [0.15, 0.2) is 0 Å². The Hall–Kier alpha value is -1.07. The van der Waals surface area contributed by atoms with Gasteiger partial charge in [-0.15, -0.1) is 0 Å². The molecule has 5 heteroatoms. The molecule has 0 bridgehead atoms. The molecule has 0 spiro atoms. The largest absolute Gasteiger partial charge is 0.398 e. The molecule has 2 unspecified atom stereocenters. The van der Waals surface area contributed by atoms with Crippen molar-refractivity contribution in [1.82, 2.24) is 4.72 Å². The summed E-state index contributed by atoms with van der Waals surface area (Å²) in [6.45, 7) is 8.26. The maximum Gasteiger partial charge on any atom is 0.241 e. The van der Waals surface area contributed by atoms with Gasteiger partial charge in [-0.05, 0) is 68.2 Å². The number of benzene rings is 1. The Bertz CT molecular complexity index is 612. The summed E-state index contributed by atoms with van der Waals surface area (Å²) in [4.78, 5) is 0.353. The van der Waals surface area contributed by atoms with Crippen LogP contribution in [0, 0.1) is 32.6 Å². The van der Waals surface area contributed by atoms with Crippen molar-refractivity contribution in [3.05, 3.63) is 22.8 Å². The number of anilines is 1. The summed E-state index contributed by atoms with van der Waals surface area (Å²) < 4.78 is 28.1. The third kappa shape index (κ3) is 3.40. The smallest absolute Gasteiger partial charge is 0.241 e. The molecule has 1 aliphatic rings. The molecule has 0 aliphatic heterocycles. The molecule has 0 heterocycles. The van der Waals surface area contributed by atoms with Crippen LogP contribution >= 0.6 is 0 Å². The predicted octanol–water partition coefficient (Wildman–Crippen LogP) is 2.91. The Kier molecular flexibility index (Phi) is 4.63. The molecule has 1 fully saturated rings. The van der Waals surface area contributed by atoms with E-state index in [0.717, 1.165) is 24.0 Å². The van der Waals surface area contributed by atoms with Crippen LogP contribution in [0.3, 0.4) is 0 Å². The van der Waals surface area contributed by atoms with Gasteiger partial charge in [-0.25, -0.2) is 13.1 Å². The minimum Gasteiger partial charge on any atom is -0.398 e. The molecule has 118 valence electrons. The molecule has 0 radical (unpaired) electrons. The molecule has 0 aromatic heterocycles. The van der Waals surface area contributed by atoms with E-state index in [1.807, 2.05) is 19.9 Å². The number of hydrogen-bond donors (Lipinski definition) is 2. The Morgan fingerprint density at radius 3 is 2.48 bits per heavy atom. The van der Waals surface area contributed by atoms with Gasteiger partial charge in [0.2, 0.25) is 10.0 Å². The van der Waals surface area contributed by atoms with E-state index < -0.39 is 10.0 Å². The molecule has 21 heavy (non-hydrogen) atoms. The monoisotopic (exact) mass is 310 g/mol. The molecule has 1 aromatic rings. The van der Waals surface area contributed by atoms with Crippen LogP contribution in [0.2, 0.25) is 0 Å². The third-order valence-corrected chi connectivity index (χ3v) is 6.41. The quantitative estimate of drug-likeness (QED) is 0.840. The maximum absolute atomic E-state index is 12.6. The summed E-state index contributed by atoms with van der Waals surface area (Å²) in [5.41, 5.74) is 8.81. The second-order valence-corrected chi connectivity index (χ2v) is 8.20. The van der Waals surface area contributed by atoms with Crippen LogP contribution in [0.1, 0.15) is 42.9 Å². The SMILES string of the molecule is Cc1cc(N)c(C)c(S(=O)(=O)NCC2CCC(C)C2)c1C. The number of nitrogen functional groups attached to an aromatic ring is 1. The topological polar surface area (TPSA) is 72.2 Å². The Labute approximate surface area is 128 Å². The first-order chi connectivity index (χ1) is 9.72. The van der Waals surface area contributed by atoms with Gasteiger partial charge in [0, 0.05) is 12.2 Å². The summed E-state index contributed by atoms with van der Waals surface area (Å²) in [5, 5.41) is 0. The van der Waals surface area contributed by atoms with Crippen LogP contribution < -0.4 is 10.5 Å². The van der Waals surface area contributed by atoms with Crippen molar-refractivity contribution in [3.63, 3.8) is 0 Å². The second-order valence-electron chi connectivity index (χ2n) is 6.50. The fraction of sp³-hybridized carbons (Fsp3) is 0.625. The van der Waals surface area contributed by atoms with Gasteiger partial charge in [-0.2, -0.15) is 0 Å². The van der Waals surface area contributed by atoms with Crippen molar-refractivity contribution in [3.8, 4) is 0 Å². The fourth-order valence-corrected chi connectivity index (χ4v) is 4.94. The zero-order valence-corrected chi connectivity index (χ0v) is 14.2. The minimum absolute atomic E-state index is 0.353. The first-order valence-electron chi connectivity index (χ1n) is 7.58. The van der Waals surface area contributed by atoms with Crippen molar-refractivity contribution < 1.29 is 8.42 Å². The van der Waals surface area contributed by atoms with Gasteiger partial charge in [0.25, 0.3) is 0 Å². The first kappa shape index (κ1) is 16.3. The summed E-state index contributed by atoms with van der Waals surface area (Å²) in [7, 11) is -3.50. The van der Waals surface area contributed by atoms with Crippen molar-refractivity contribution in [1.29, 1.82) is 0 Å². The molecule has 1 aliphatic carbocycles. The van der Waals surface area contributed by atoms with Crippen LogP contribution in [0.15, 0.2) is 11.0 Å². The van der Waals surface area contributed by atoms with Gasteiger partial charge >= 0.3 is 0 Å². The number of rotatable bonds is 4. The number of aryl methyl sites for hydroxylation is 1. The van der Waals surface area contributed by atoms with Crippen LogP contribution in [0.25, 0.3) is 0 Å². The third-order valence-electron chi connectivity index (χ3n) is 4.71. The lowest BCUT2D eigenvalue weighted by molar-refractivity contribution is 0.498. The normalized spacial score (nSPS) is 22.7. The van der Waals surface area contributed by atoms with Crippen LogP contribution in [0.4, 0.5) is 5.69 Å². The molecule has 4 nitrogen and oxygen atoms in total. The van der Waals surface area contributed by atoms with Gasteiger partial charge < -0.3 is 5.73 Å². The number of sulfonamides is 1. The first-order valence-corrected chi connectivity index (χ1v) is 9.06. The summed E-state index contributed by atoms with van der Waals surface area (Å²) in [6.07, 6.45) is 3.41. The van der Waals surface area contributed by atoms with Gasteiger partial charge in [-0.1, -0.05) is 13.3 Å². The Morgan fingerprint density at radius 2 is 1.90 bits per heavy atom. The van der Waals surface area contributed by atoms with E-state index in [1.54, 1.807) is 6.92 Å². The molecule has 1 aromatic carbocycles. The number of nitrogens with one attached hydrogen (secondary N) is 1. The molecular formula is C16H26N2O2S. The van der Waals surface area contributed by atoms with E-state index in [2.05, 4.69) is 11.6 Å². The molecule has 2 atom stereocenters. The minimum atomic E-state index is -3.50. The van der Waals surface area contributed by atoms with Crippen LogP contribution in [-0.4, -0.2) is 15.0 Å². The van der Waals surface area contributed by atoms with Crippen molar-refractivity contribution in [2.45, 2.75) is 51.9 Å². The zero-order chi connectivity index (χ0) is 15.8. The molecule has 0 amide bonds. The van der Waals surface area contributed by atoms with Crippen molar-refractivity contribution >= 4 is 15.7 Å². The van der Waals surface area contributed by atoms with Gasteiger partial charge in [-0.3, -0.25) is 0 Å². The number of hydrogen-bond acceptors (Lipinski definition) is 3. The van der Waals surface area contributed by atoms with Gasteiger partial charge in [0.1, 0.15) is 0 Å². The maximum atomic E-state index is 12.6. The van der Waals surface area contributed by atoms with E-state index in [-0.39, 0.29) is 0 Å². The summed E-state index contributed by atoms with van der Waals surface area (Å²) >= 11 is 0. The van der Waals surface area contributed by atoms with E-state index in [4.69, 9.17) is 5.73 Å². The second kappa shape index (κ2) is 5.97. The summed E-state index contributed by atoms with van der Waals surface area (Å²) in [6, 6.07) is 1.84. The van der Waals surface area contributed by atoms with E-state index in [9.17, 15) is 8.42 Å². The van der Waals surface area contributed by atoms with E-state index >= 15 is 0 Å². The highest BCUT2D eigenvalue weighted by atomic mass is 32.2. The molecular weight excluding hydrogens is 284 g/mol. The van der Waals surface area contributed by atoms with Crippen LogP contribution in [-0.2, 0) is 10.0 Å². The highest BCUT2D eigenvalue weighted by Crippen LogP contribution is 2.31. The lowest BCUT2D eigenvalue weighted by atomic mass is 10.1. The van der Waals surface area contributed by atoms with Gasteiger partial charge in [0.05, 0.1) is 4.90 Å². The van der Waals surface area contributed by atoms with Crippen LogP contribution in [0.5, 0.6) is 0 Å². The van der Waals surface area contributed by atoms with Crippen molar-refractivity contribution in [2.75, 3.05) is 12.3 Å². The highest BCUT2D eigenvalue weighted by Gasteiger charge is 2.26. The number of nitrogens with two attached hydrogens (primary N) is 1. The fourth-order valence-electron chi connectivity index (χ4n) is 3.25. The molecule has 1 saturated carbocycles. The van der Waals surface area contributed by atoms with E-state index in [0.29, 0.717) is 34.5 Å². The zero-order valence-electron chi connectivity index (χ0n) is 13.4. The molecule has 3 N–H and O–H groups in total. The predicted molar refractivity (Wildman–Crippen MR) is 86.8 cm³/mol. The van der Waals surface area contributed by atoms with E-state index in [1.165, 1.54) is 6.42 Å². The highest BCUT2D eigenvalue weighted by molar-refractivity contribution is 7.89. The average molecular weight is 310 g/mol. The lowest BCUT2D eigenvalue weighted by Gasteiger charge is -2.17. The standard InChI is InChI=1S/C16H26N2O2S/c1-10-5-6-14(7-10)9-18-21(19,20)16-12(3)11(2)8-15(17)13(16)4/h8,10,14,18H,5-7,9,17H2,1-4H3. The van der Waals surface area contributed by atoms with Crippen molar-refractivity contribution in [2.24, 2.45) is 11.8 Å². The average Bonchev–Trinajstić information content (AvgIpc) is 2.80. The molecule has 2 rings (SSSR count). The molecule has 0 saturated heterocycles. The Morgan fingerprint density at radius 1 is 1.24 bits per heavy atom. The lowest BCUT2D eigenvalue weighted by Crippen LogP contribution is -2.30. The summed E-state index contributed by atoms with van der Waals surface area (Å²) in [5.74, 6) is 1.16. The Balaban J connectivity index is 2.24.